The number of hydrogen-bond donors (Lipinski definition) is 1. The van der Waals surface area contributed by atoms with Gasteiger partial charge in [0.15, 0.2) is 6.61 Å². The Morgan fingerprint density at radius 3 is 2.56 bits per heavy atom. The molecule has 0 fully saturated rings. The number of benzene rings is 3. The van der Waals surface area contributed by atoms with Crippen molar-refractivity contribution in [2.45, 2.75) is 6.42 Å². The van der Waals surface area contributed by atoms with Crippen molar-refractivity contribution in [2.24, 2.45) is 5.10 Å². The van der Waals surface area contributed by atoms with Crippen LogP contribution in [0.3, 0.4) is 0 Å². The zero-order valence-corrected chi connectivity index (χ0v) is 19.9. The van der Waals surface area contributed by atoms with Crippen molar-refractivity contribution < 1.29 is 19.1 Å². The first-order valence-electron chi connectivity index (χ1n) is 10.4. The van der Waals surface area contributed by atoms with Gasteiger partial charge in [0.25, 0.3) is 5.91 Å². The topological polar surface area (TPSA) is 77.0 Å². The Kier molecular flexibility index (Phi) is 9.37. The van der Waals surface area contributed by atoms with Crippen LogP contribution in [0.1, 0.15) is 16.7 Å². The molecule has 0 spiro atoms. The molecule has 1 amide bonds. The quantitative estimate of drug-likeness (QED) is 0.0982. The second-order valence-corrected chi connectivity index (χ2v) is 7.95. The van der Waals surface area contributed by atoms with E-state index in [-0.39, 0.29) is 6.61 Å². The SMILES string of the molecule is C=CCc1ccccc1OCC(=O)N/N=C/c1cc(Br)ccc1OC(=O)/C=C/c1ccccc1. The van der Waals surface area contributed by atoms with E-state index in [0.717, 1.165) is 15.6 Å². The summed E-state index contributed by atoms with van der Waals surface area (Å²) in [5.74, 6) is -0.0368. The first-order chi connectivity index (χ1) is 16.5. The molecule has 6 nitrogen and oxygen atoms in total. The first-order valence-corrected chi connectivity index (χ1v) is 11.2. The van der Waals surface area contributed by atoms with Crippen LogP contribution in [0.15, 0.2) is 101 Å². The average Bonchev–Trinajstić information content (AvgIpc) is 2.84. The van der Waals surface area contributed by atoms with Gasteiger partial charge in [-0.15, -0.1) is 6.58 Å². The summed E-state index contributed by atoms with van der Waals surface area (Å²) in [6.07, 6.45) is 6.83. The number of rotatable bonds is 10. The van der Waals surface area contributed by atoms with Gasteiger partial charge in [-0.2, -0.15) is 5.10 Å². The number of ether oxygens (including phenoxy) is 2. The number of esters is 1. The van der Waals surface area contributed by atoms with Crippen LogP contribution in [-0.4, -0.2) is 24.7 Å². The van der Waals surface area contributed by atoms with Crippen LogP contribution in [0.25, 0.3) is 6.08 Å². The van der Waals surface area contributed by atoms with Crippen molar-refractivity contribution in [3.05, 3.63) is 113 Å². The Morgan fingerprint density at radius 1 is 1.00 bits per heavy atom. The van der Waals surface area contributed by atoms with Crippen molar-refractivity contribution in [3.8, 4) is 11.5 Å². The van der Waals surface area contributed by atoms with E-state index in [1.807, 2.05) is 48.5 Å². The van der Waals surface area contributed by atoms with Crippen LogP contribution < -0.4 is 14.9 Å². The summed E-state index contributed by atoms with van der Waals surface area (Å²) in [4.78, 5) is 24.4. The van der Waals surface area contributed by atoms with E-state index >= 15 is 0 Å². The molecule has 172 valence electrons. The Balaban J connectivity index is 1.58. The summed E-state index contributed by atoms with van der Waals surface area (Å²) in [6, 6.07) is 22.0. The summed E-state index contributed by atoms with van der Waals surface area (Å²) in [6.45, 7) is 3.53. The minimum atomic E-state index is -0.531. The molecule has 0 saturated heterocycles. The third-order valence-electron chi connectivity index (χ3n) is 4.48. The van der Waals surface area contributed by atoms with Gasteiger partial charge >= 0.3 is 5.97 Å². The van der Waals surface area contributed by atoms with Crippen molar-refractivity contribution in [2.75, 3.05) is 6.61 Å². The maximum Gasteiger partial charge on any atom is 0.336 e. The highest BCUT2D eigenvalue weighted by Crippen LogP contribution is 2.22. The Labute approximate surface area is 206 Å². The number of carbonyl (C=O) groups excluding carboxylic acids is 2. The van der Waals surface area contributed by atoms with Gasteiger partial charge in [0, 0.05) is 16.1 Å². The molecule has 3 aromatic carbocycles. The zero-order valence-electron chi connectivity index (χ0n) is 18.3. The van der Waals surface area contributed by atoms with E-state index in [1.54, 1.807) is 36.4 Å². The lowest BCUT2D eigenvalue weighted by atomic mass is 10.1. The number of halogens is 1. The standard InChI is InChI=1S/C27H23BrN2O4/c1-2-8-21-11-6-7-12-24(21)33-19-26(31)30-29-18-22-17-23(28)14-15-25(22)34-27(32)16-13-20-9-4-3-5-10-20/h2-7,9-18H,1,8,19H2,(H,30,31)/b16-13+,29-18+. The minimum absolute atomic E-state index is 0.198. The molecule has 7 heteroatoms. The second-order valence-electron chi connectivity index (χ2n) is 7.03. The number of nitrogens with one attached hydrogen (secondary N) is 1. The number of nitrogens with zero attached hydrogens (tertiary/aromatic N) is 1. The zero-order chi connectivity index (χ0) is 24.2. The molecule has 0 aliphatic heterocycles. The summed E-state index contributed by atoms with van der Waals surface area (Å²) in [5, 5.41) is 3.96. The molecule has 0 bridgehead atoms. The number of para-hydroxylation sites is 1. The van der Waals surface area contributed by atoms with Crippen LogP contribution in [0.5, 0.6) is 11.5 Å². The number of hydrazone groups is 1. The molecule has 3 rings (SSSR count). The van der Waals surface area contributed by atoms with E-state index in [4.69, 9.17) is 9.47 Å². The maximum atomic E-state index is 12.2. The van der Waals surface area contributed by atoms with E-state index < -0.39 is 11.9 Å². The molecular weight excluding hydrogens is 496 g/mol. The van der Waals surface area contributed by atoms with Gasteiger partial charge in [0.2, 0.25) is 0 Å². The van der Waals surface area contributed by atoms with Crippen molar-refractivity contribution >= 4 is 40.1 Å². The van der Waals surface area contributed by atoms with Gasteiger partial charge in [-0.05, 0) is 47.9 Å². The Bertz CT molecular complexity index is 1210. The van der Waals surface area contributed by atoms with Gasteiger partial charge in [-0.3, -0.25) is 4.79 Å². The van der Waals surface area contributed by atoms with Gasteiger partial charge in [-0.1, -0.05) is 70.5 Å². The summed E-state index contributed by atoms with van der Waals surface area (Å²) in [7, 11) is 0. The smallest absolute Gasteiger partial charge is 0.336 e. The monoisotopic (exact) mass is 518 g/mol. The van der Waals surface area contributed by atoms with Crippen LogP contribution in [-0.2, 0) is 16.0 Å². The van der Waals surface area contributed by atoms with Gasteiger partial charge in [0.05, 0.1) is 6.21 Å². The molecule has 0 saturated carbocycles. The predicted octanol–water partition coefficient (Wildman–Crippen LogP) is 5.33. The molecule has 0 radical (unpaired) electrons. The van der Waals surface area contributed by atoms with E-state index in [0.29, 0.717) is 23.5 Å². The highest BCUT2D eigenvalue weighted by Gasteiger charge is 2.08. The lowest BCUT2D eigenvalue weighted by molar-refractivity contribution is -0.129. The average molecular weight is 519 g/mol. The molecule has 0 atom stereocenters. The normalized spacial score (nSPS) is 10.9. The molecule has 0 heterocycles. The number of carbonyl (C=O) groups is 2. The van der Waals surface area contributed by atoms with Crippen molar-refractivity contribution in [1.82, 2.24) is 5.43 Å². The van der Waals surface area contributed by atoms with E-state index in [9.17, 15) is 9.59 Å². The molecular formula is C27H23BrN2O4. The fraction of sp³-hybridized carbons (Fsp3) is 0.0741. The first kappa shape index (κ1) is 24.7. The van der Waals surface area contributed by atoms with Crippen molar-refractivity contribution in [1.29, 1.82) is 0 Å². The molecule has 0 aromatic heterocycles. The van der Waals surface area contributed by atoms with Crippen molar-refractivity contribution in [3.63, 3.8) is 0 Å². The fourth-order valence-corrected chi connectivity index (χ4v) is 3.28. The van der Waals surface area contributed by atoms with Gasteiger partial charge in [0.1, 0.15) is 11.5 Å². The highest BCUT2D eigenvalue weighted by molar-refractivity contribution is 9.10. The lowest BCUT2D eigenvalue weighted by Crippen LogP contribution is -2.24. The molecule has 0 aliphatic rings. The number of amides is 1. The molecule has 0 unspecified atom stereocenters. The van der Waals surface area contributed by atoms with Gasteiger partial charge in [-0.25, -0.2) is 10.2 Å². The molecule has 1 N–H and O–H groups in total. The number of hydrogen-bond acceptors (Lipinski definition) is 5. The maximum absolute atomic E-state index is 12.2. The summed E-state index contributed by atoms with van der Waals surface area (Å²) >= 11 is 3.38. The van der Waals surface area contributed by atoms with Crippen LogP contribution in [0.2, 0.25) is 0 Å². The third kappa shape index (κ3) is 7.86. The van der Waals surface area contributed by atoms with Gasteiger partial charge < -0.3 is 9.47 Å². The third-order valence-corrected chi connectivity index (χ3v) is 4.98. The Hall–Kier alpha value is -3.97. The number of allylic oxidation sites excluding steroid dienone is 1. The minimum Gasteiger partial charge on any atom is -0.483 e. The second kappa shape index (κ2) is 12.9. The van der Waals surface area contributed by atoms with E-state index in [1.165, 1.54) is 12.3 Å². The van der Waals surface area contributed by atoms with E-state index in [2.05, 4.69) is 33.0 Å². The predicted molar refractivity (Wildman–Crippen MR) is 137 cm³/mol. The summed E-state index contributed by atoms with van der Waals surface area (Å²) in [5.41, 5.74) is 4.75. The fourth-order valence-electron chi connectivity index (χ4n) is 2.90. The van der Waals surface area contributed by atoms with Crippen LogP contribution in [0, 0.1) is 0 Å². The molecule has 34 heavy (non-hydrogen) atoms. The lowest BCUT2D eigenvalue weighted by Gasteiger charge is -2.09. The molecule has 0 aliphatic carbocycles. The van der Waals surface area contributed by atoms with Crippen LogP contribution in [0.4, 0.5) is 0 Å². The van der Waals surface area contributed by atoms with Crippen LogP contribution >= 0.6 is 15.9 Å². The highest BCUT2D eigenvalue weighted by atomic mass is 79.9. The summed E-state index contributed by atoms with van der Waals surface area (Å²) < 4.78 is 11.8. The Morgan fingerprint density at radius 2 is 1.76 bits per heavy atom. The largest absolute Gasteiger partial charge is 0.483 e. The molecule has 3 aromatic rings.